The molecule has 1 aromatic carbocycles. The third-order valence-corrected chi connectivity index (χ3v) is 8.62. The average molecular weight is 607 g/mol. The van der Waals surface area contributed by atoms with Crippen molar-refractivity contribution >= 4 is 23.8 Å². The summed E-state index contributed by atoms with van der Waals surface area (Å²) in [6.45, 7) is 3.55. The smallest absolute Gasteiger partial charge is 0.410 e. The number of halogens is 2. The number of aryl methyl sites for hydroxylation is 1. The number of fused-ring (bicyclic) bond motifs is 2. The SMILES string of the molecule is C[C@@H](C(=O)N[C@H]1C[C@H](OC(F)F)CC[C@H]2CC[C@@H](C(=O)N[C@@H]3CCCc4ccccc43)N2C1=O)N(C)C(=O)OC(C)(C)C. The number of nitrogens with one attached hydrogen (secondary N) is 2. The van der Waals surface area contributed by atoms with Crippen LogP contribution in [-0.2, 0) is 30.3 Å². The van der Waals surface area contributed by atoms with Gasteiger partial charge in [-0.2, -0.15) is 8.78 Å². The quantitative estimate of drug-likeness (QED) is 0.484. The van der Waals surface area contributed by atoms with Crippen LogP contribution in [0.5, 0.6) is 0 Å². The maximum absolute atomic E-state index is 14.0. The molecule has 10 nitrogen and oxygen atoms in total. The van der Waals surface area contributed by atoms with E-state index in [4.69, 9.17) is 9.47 Å². The van der Waals surface area contributed by atoms with Crippen LogP contribution in [0.1, 0.15) is 89.8 Å². The predicted octanol–water partition coefficient (Wildman–Crippen LogP) is 4.07. The molecule has 2 saturated heterocycles. The first kappa shape index (κ1) is 32.6. The van der Waals surface area contributed by atoms with Crippen LogP contribution in [0.2, 0.25) is 0 Å². The molecule has 12 heteroatoms. The molecule has 1 aromatic rings. The van der Waals surface area contributed by atoms with Crippen LogP contribution in [0.4, 0.5) is 13.6 Å². The van der Waals surface area contributed by atoms with Gasteiger partial charge in [-0.15, -0.1) is 0 Å². The van der Waals surface area contributed by atoms with Crippen LogP contribution in [0, 0.1) is 0 Å². The van der Waals surface area contributed by atoms with Gasteiger partial charge in [-0.3, -0.25) is 19.3 Å². The Morgan fingerprint density at radius 2 is 1.72 bits per heavy atom. The first-order valence-corrected chi connectivity index (χ1v) is 15.1. The minimum absolute atomic E-state index is 0.162. The third-order valence-electron chi connectivity index (χ3n) is 8.62. The molecule has 4 amide bonds. The van der Waals surface area contributed by atoms with Gasteiger partial charge >= 0.3 is 12.7 Å². The fourth-order valence-electron chi connectivity index (χ4n) is 6.32. The molecule has 2 aliphatic heterocycles. The monoisotopic (exact) mass is 606 g/mol. The van der Waals surface area contributed by atoms with E-state index in [-0.39, 0.29) is 30.8 Å². The molecule has 4 rings (SSSR count). The van der Waals surface area contributed by atoms with E-state index in [1.807, 2.05) is 18.2 Å². The lowest BCUT2D eigenvalue weighted by Gasteiger charge is -2.38. The number of hydrogen-bond acceptors (Lipinski definition) is 6. The van der Waals surface area contributed by atoms with Gasteiger partial charge in [0.2, 0.25) is 17.7 Å². The Kier molecular flexibility index (Phi) is 10.3. The number of benzene rings is 1. The number of ether oxygens (including phenoxy) is 2. The first-order valence-electron chi connectivity index (χ1n) is 15.1. The van der Waals surface area contributed by atoms with Crippen molar-refractivity contribution in [3.63, 3.8) is 0 Å². The molecule has 43 heavy (non-hydrogen) atoms. The van der Waals surface area contributed by atoms with Crippen molar-refractivity contribution in [2.75, 3.05) is 7.05 Å². The van der Waals surface area contributed by atoms with Crippen LogP contribution in [-0.4, -0.2) is 83.1 Å². The number of alkyl halides is 2. The van der Waals surface area contributed by atoms with E-state index < -0.39 is 54.3 Å². The molecule has 1 aliphatic carbocycles. The zero-order valence-corrected chi connectivity index (χ0v) is 25.6. The van der Waals surface area contributed by atoms with Crippen molar-refractivity contribution in [2.24, 2.45) is 0 Å². The lowest BCUT2D eigenvalue weighted by molar-refractivity contribution is -0.174. The molecular formula is C31H44F2N4O6. The summed E-state index contributed by atoms with van der Waals surface area (Å²) in [5.74, 6) is -1.44. The van der Waals surface area contributed by atoms with Crippen molar-refractivity contribution < 1.29 is 37.4 Å². The van der Waals surface area contributed by atoms with E-state index in [9.17, 15) is 28.0 Å². The molecule has 0 unspecified atom stereocenters. The Labute approximate surface area is 251 Å². The summed E-state index contributed by atoms with van der Waals surface area (Å²) in [5, 5.41) is 5.83. The lowest BCUT2D eigenvalue weighted by atomic mass is 9.87. The highest BCUT2D eigenvalue weighted by Gasteiger charge is 2.46. The summed E-state index contributed by atoms with van der Waals surface area (Å²) in [6.07, 6.45) is 2.39. The van der Waals surface area contributed by atoms with Gasteiger partial charge in [0.25, 0.3) is 0 Å². The Morgan fingerprint density at radius 1 is 1.02 bits per heavy atom. The zero-order valence-electron chi connectivity index (χ0n) is 25.6. The van der Waals surface area contributed by atoms with Gasteiger partial charge in [-0.1, -0.05) is 24.3 Å². The summed E-state index contributed by atoms with van der Waals surface area (Å²) in [6, 6.07) is 4.49. The maximum Gasteiger partial charge on any atom is 0.410 e. The number of carbonyl (C=O) groups is 4. The Balaban J connectivity index is 1.52. The molecule has 0 radical (unpaired) electrons. The van der Waals surface area contributed by atoms with Crippen molar-refractivity contribution in [2.45, 2.75) is 128 Å². The minimum Gasteiger partial charge on any atom is -0.444 e. The Hall–Kier alpha value is -3.28. The fourth-order valence-corrected chi connectivity index (χ4v) is 6.32. The van der Waals surface area contributed by atoms with Crippen LogP contribution < -0.4 is 10.6 Å². The van der Waals surface area contributed by atoms with Crippen LogP contribution >= 0.6 is 0 Å². The van der Waals surface area contributed by atoms with E-state index >= 15 is 0 Å². The van der Waals surface area contributed by atoms with Gasteiger partial charge in [0.1, 0.15) is 23.7 Å². The molecule has 2 N–H and O–H groups in total. The molecule has 0 spiro atoms. The highest BCUT2D eigenvalue weighted by molar-refractivity contribution is 5.94. The molecule has 238 valence electrons. The van der Waals surface area contributed by atoms with Gasteiger partial charge in [-0.05, 0) is 83.8 Å². The molecule has 0 aromatic heterocycles. The predicted molar refractivity (Wildman–Crippen MR) is 154 cm³/mol. The molecule has 0 saturated carbocycles. The molecule has 3 aliphatic rings. The number of carbonyl (C=O) groups excluding carboxylic acids is 4. The topological polar surface area (TPSA) is 117 Å². The maximum atomic E-state index is 14.0. The zero-order chi connectivity index (χ0) is 31.5. The Morgan fingerprint density at radius 3 is 2.42 bits per heavy atom. The van der Waals surface area contributed by atoms with Gasteiger partial charge in [0.15, 0.2) is 0 Å². The van der Waals surface area contributed by atoms with Gasteiger partial charge in [-0.25, -0.2) is 4.79 Å². The highest BCUT2D eigenvalue weighted by atomic mass is 19.3. The summed E-state index contributed by atoms with van der Waals surface area (Å²) < 4.78 is 36.7. The second-order valence-corrected chi connectivity index (χ2v) is 12.8. The van der Waals surface area contributed by atoms with Crippen molar-refractivity contribution in [1.29, 1.82) is 0 Å². The molecule has 2 heterocycles. The van der Waals surface area contributed by atoms with Crippen molar-refractivity contribution in [1.82, 2.24) is 20.4 Å². The molecule has 0 bridgehead atoms. The highest BCUT2D eigenvalue weighted by Crippen LogP contribution is 2.34. The summed E-state index contributed by atoms with van der Waals surface area (Å²) in [5.41, 5.74) is 1.50. The fraction of sp³-hybridized carbons (Fsp3) is 0.677. The minimum atomic E-state index is -3.04. The van der Waals surface area contributed by atoms with Gasteiger partial charge in [0, 0.05) is 19.5 Å². The van der Waals surface area contributed by atoms with Crippen molar-refractivity contribution in [3.05, 3.63) is 35.4 Å². The molecular weight excluding hydrogens is 562 g/mol. The standard InChI is InChI=1S/C31H44F2N4O6/c1-18(36(5)30(41)43-31(2,3)4)26(38)35-24-17-21(42-29(32)33)15-13-20-14-16-25(37(20)28(24)40)27(39)34-23-12-8-10-19-9-6-7-11-22(19)23/h6-7,9,11,18,20-21,23-25,29H,8,10,12-17H2,1-5H3,(H,34,39)(H,35,38)/t18-,20-,21+,23+,24-,25-/m0/s1. The number of rotatable bonds is 7. The largest absolute Gasteiger partial charge is 0.444 e. The Bertz CT molecular complexity index is 1190. The van der Waals surface area contributed by atoms with Crippen LogP contribution in [0.15, 0.2) is 24.3 Å². The number of hydrogen-bond donors (Lipinski definition) is 2. The van der Waals surface area contributed by atoms with Crippen LogP contribution in [0.25, 0.3) is 0 Å². The molecule has 2 fully saturated rings. The van der Waals surface area contributed by atoms with Crippen molar-refractivity contribution in [3.8, 4) is 0 Å². The van der Waals surface area contributed by atoms with E-state index in [1.165, 1.54) is 24.4 Å². The second-order valence-electron chi connectivity index (χ2n) is 12.8. The second kappa shape index (κ2) is 13.6. The number of nitrogens with zero attached hydrogens (tertiary/aromatic N) is 2. The summed E-state index contributed by atoms with van der Waals surface area (Å²) in [7, 11) is 1.40. The van der Waals surface area contributed by atoms with Gasteiger partial charge < -0.3 is 25.0 Å². The number of amides is 4. The summed E-state index contributed by atoms with van der Waals surface area (Å²) >= 11 is 0. The number of likely N-dealkylation sites (N-methyl/N-ethyl adjacent to an activating group) is 1. The average Bonchev–Trinajstić information content (AvgIpc) is 3.36. The molecule has 6 atom stereocenters. The first-order chi connectivity index (χ1) is 20.2. The normalized spacial score (nSPS) is 26.5. The summed E-state index contributed by atoms with van der Waals surface area (Å²) in [4.78, 5) is 56.2. The third kappa shape index (κ3) is 8.01. The van der Waals surface area contributed by atoms with Crippen LogP contribution in [0.3, 0.4) is 0 Å². The van der Waals surface area contributed by atoms with E-state index in [0.717, 1.165) is 29.7 Å². The van der Waals surface area contributed by atoms with Gasteiger partial charge in [0.05, 0.1) is 12.1 Å². The van der Waals surface area contributed by atoms with E-state index in [1.54, 1.807) is 20.8 Å². The lowest BCUT2D eigenvalue weighted by Crippen LogP contribution is -2.59. The van der Waals surface area contributed by atoms with E-state index in [0.29, 0.717) is 19.3 Å². The van der Waals surface area contributed by atoms with E-state index in [2.05, 4.69) is 16.7 Å².